The summed E-state index contributed by atoms with van der Waals surface area (Å²) >= 11 is 5.08. The van der Waals surface area contributed by atoms with E-state index in [-0.39, 0.29) is 6.10 Å². The Hall–Kier alpha value is -2.32. The third-order valence-corrected chi connectivity index (χ3v) is 5.84. The van der Waals surface area contributed by atoms with Gasteiger partial charge in [0.1, 0.15) is 11.4 Å². The Bertz CT molecular complexity index is 1040. The number of aromatic nitrogens is 5. The number of imidazole rings is 1. The first-order chi connectivity index (χ1) is 13.6. The Morgan fingerprint density at radius 1 is 1.14 bits per heavy atom. The monoisotopic (exact) mass is 457 g/mol. The van der Waals surface area contributed by atoms with Crippen LogP contribution in [0.5, 0.6) is 5.75 Å². The van der Waals surface area contributed by atoms with Crippen molar-refractivity contribution in [3.63, 3.8) is 0 Å². The SMILES string of the molecule is CCn1c(SCc2cn3ccccc3n2)nnc1C(C)Oc1ccc(Br)cc1. The molecule has 0 N–H and O–H groups in total. The predicted octanol–water partition coefficient (Wildman–Crippen LogP) is 5.14. The highest BCUT2D eigenvalue weighted by molar-refractivity contribution is 9.10. The van der Waals surface area contributed by atoms with E-state index in [0.29, 0.717) is 0 Å². The average Bonchev–Trinajstić information content (AvgIpc) is 3.31. The van der Waals surface area contributed by atoms with Crippen molar-refractivity contribution in [1.29, 1.82) is 0 Å². The van der Waals surface area contributed by atoms with E-state index in [4.69, 9.17) is 4.74 Å². The fraction of sp³-hybridized carbons (Fsp3) is 0.250. The third kappa shape index (κ3) is 4.07. The molecule has 28 heavy (non-hydrogen) atoms. The first-order valence-corrected chi connectivity index (χ1v) is 10.8. The number of nitrogens with zero attached hydrogens (tertiary/aromatic N) is 5. The summed E-state index contributed by atoms with van der Waals surface area (Å²) in [6.45, 7) is 4.87. The molecule has 1 atom stereocenters. The molecule has 1 aromatic carbocycles. The number of rotatable bonds is 7. The fourth-order valence-corrected chi connectivity index (χ4v) is 4.13. The van der Waals surface area contributed by atoms with Crippen LogP contribution in [0.25, 0.3) is 5.65 Å². The molecule has 0 bridgehead atoms. The number of hydrogen-bond donors (Lipinski definition) is 0. The second-order valence-corrected chi connectivity index (χ2v) is 8.14. The zero-order valence-corrected chi connectivity index (χ0v) is 18.0. The van der Waals surface area contributed by atoms with Gasteiger partial charge in [-0.1, -0.05) is 33.8 Å². The topological polar surface area (TPSA) is 57.2 Å². The van der Waals surface area contributed by atoms with Gasteiger partial charge in [-0.05, 0) is 50.2 Å². The Labute approximate surface area is 176 Å². The fourth-order valence-electron chi connectivity index (χ4n) is 2.97. The van der Waals surface area contributed by atoms with Crippen LogP contribution in [-0.2, 0) is 12.3 Å². The van der Waals surface area contributed by atoms with Gasteiger partial charge in [0.15, 0.2) is 17.1 Å². The Balaban J connectivity index is 1.47. The van der Waals surface area contributed by atoms with Crippen molar-refractivity contribution in [3.05, 3.63) is 70.8 Å². The first kappa shape index (κ1) is 19.0. The molecule has 0 aliphatic rings. The van der Waals surface area contributed by atoms with Crippen LogP contribution in [0.4, 0.5) is 0 Å². The number of ether oxygens (including phenoxy) is 1. The van der Waals surface area contributed by atoms with E-state index in [1.165, 1.54) is 0 Å². The number of benzene rings is 1. The van der Waals surface area contributed by atoms with Crippen molar-refractivity contribution in [2.45, 2.75) is 37.4 Å². The van der Waals surface area contributed by atoms with Crippen molar-refractivity contribution in [2.75, 3.05) is 0 Å². The molecule has 0 radical (unpaired) electrons. The van der Waals surface area contributed by atoms with Gasteiger partial charge in [-0.2, -0.15) is 0 Å². The minimum atomic E-state index is -0.196. The van der Waals surface area contributed by atoms with Gasteiger partial charge in [-0.15, -0.1) is 10.2 Å². The minimum Gasteiger partial charge on any atom is -0.483 e. The lowest BCUT2D eigenvalue weighted by atomic mass is 10.3. The van der Waals surface area contributed by atoms with Gasteiger partial charge in [0.2, 0.25) is 0 Å². The molecule has 0 aliphatic heterocycles. The zero-order chi connectivity index (χ0) is 19.5. The van der Waals surface area contributed by atoms with Crippen LogP contribution < -0.4 is 4.74 Å². The molecule has 1 unspecified atom stereocenters. The van der Waals surface area contributed by atoms with E-state index >= 15 is 0 Å². The first-order valence-electron chi connectivity index (χ1n) is 9.04. The highest BCUT2D eigenvalue weighted by Crippen LogP contribution is 2.27. The van der Waals surface area contributed by atoms with Crippen LogP contribution in [0.1, 0.15) is 31.5 Å². The van der Waals surface area contributed by atoms with Crippen LogP contribution in [0.3, 0.4) is 0 Å². The quantitative estimate of drug-likeness (QED) is 0.359. The standard InChI is InChI=1S/C20H20BrN5OS/c1-3-26-19(14(2)27-17-9-7-15(21)8-10-17)23-24-20(26)28-13-16-12-25-11-5-4-6-18(25)22-16/h4-12,14H,3,13H2,1-2H3. The molecule has 0 spiro atoms. The maximum Gasteiger partial charge on any atom is 0.191 e. The Morgan fingerprint density at radius 3 is 2.71 bits per heavy atom. The Kier molecular flexibility index (Phi) is 5.68. The minimum absolute atomic E-state index is 0.196. The normalized spacial score (nSPS) is 12.4. The number of pyridine rings is 1. The molecule has 0 fully saturated rings. The molecule has 3 heterocycles. The summed E-state index contributed by atoms with van der Waals surface area (Å²) in [6, 6.07) is 13.8. The molecule has 0 amide bonds. The van der Waals surface area contributed by atoms with Gasteiger partial charge >= 0.3 is 0 Å². The molecule has 144 valence electrons. The smallest absolute Gasteiger partial charge is 0.191 e. The predicted molar refractivity (Wildman–Crippen MR) is 114 cm³/mol. The molecular formula is C20H20BrN5OS. The summed E-state index contributed by atoms with van der Waals surface area (Å²) in [5.74, 6) is 2.37. The highest BCUT2D eigenvalue weighted by Gasteiger charge is 2.19. The summed E-state index contributed by atoms with van der Waals surface area (Å²) in [5, 5.41) is 9.65. The van der Waals surface area contributed by atoms with Gasteiger partial charge in [0.25, 0.3) is 0 Å². The molecule has 6 nitrogen and oxygen atoms in total. The summed E-state index contributed by atoms with van der Waals surface area (Å²) in [7, 11) is 0. The second kappa shape index (κ2) is 8.36. The van der Waals surface area contributed by atoms with E-state index in [0.717, 1.165) is 44.8 Å². The van der Waals surface area contributed by atoms with Crippen LogP contribution in [0.2, 0.25) is 0 Å². The molecule has 4 aromatic rings. The van der Waals surface area contributed by atoms with Gasteiger partial charge in [-0.25, -0.2) is 4.98 Å². The number of thioether (sulfide) groups is 1. The second-order valence-electron chi connectivity index (χ2n) is 6.29. The summed E-state index contributed by atoms with van der Waals surface area (Å²) in [5.41, 5.74) is 1.97. The number of hydrogen-bond acceptors (Lipinski definition) is 5. The lowest BCUT2D eigenvalue weighted by molar-refractivity contribution is 0.210. The van der Waals surface area contributed by atoms with E-state index in [2.05, 4.69) is 48.8 Å². The van der Waals surface area contributed by atoms with Crippen LogP contribution in [0.15, 0.2) is 64.5 Å². The van der Waals surface area contributed by atoms with E-state index in [9.17, 15) is 0 Å². The molecule has 0 aliphatic carbocycles. The van der Waals surface area contributed by atoms with Crippen LogP contribution in [-0.4, -0.2) is 24.1 Å². The molecule has 8 heteroatoms. The third-order valence-electron chi connectivity index (χ3n) is 4.31. The zero-order valence-electron chi connectivity index (χ0n) is 15.6. The van der Waals surface area contributed by atoms with Crippen molar-refractivity contribution in [3.8, 4) is 5.75 Å². The molecular weight excluding hydrogens is 438 g/mol. The summed E-state index contributed by atoms with van der Waals surface area (Å²) in [4.78, 5) is 4.64. The van der Waals surface area contributed by atoms with Crippen molar-refractivity contribution >= 4 is 33.3 Å². The van der Waals surface area contributed by atoms with Gasteiger partial charge < -0.3 is 13.7 Å². The number of halogens is 1. The summed E-state index contributed by atoms with van der Waals surface area (Å²) in [6.07, 6.45) is 3.86. The molecule has 4 rings (SSSR count). The average molecular weight is 458 g/mol. The van der Waals surface area contributed by atoms with Gasteiger partial charge in [0.05, 0.1) is 5.69 Å². The Morgan fingerprint density at radius 2 is 1.96 bits per heavy atom. The molecule has 0 saturated heterocycles. The van der Waals surface area contributed by atoms with Crippen molar-refractivity contribution in [1.82, 2.24) is 24.1 Å². The van der Waals surface area contributed by atoms with Crippen LogP contribution in [0, 0.1) is 0 Å². The van der Waals surface area contributed by atoms with Crippen LogP contribution >= 0.6 is 27.7 Å². The van der Waals surface area contributed by atoms with Crippen molar-refractivity contribution in [2.24, 2.45) is 0 Å². The van der Waals surface area contributed by atoms with Crippen molar-refractivity contribution < 1.29 is 4.74 Å². The lowest BCUT2D eigenvalue weighted by Gasteiger charge is -2.15. The molecule has 0 saturated carbocycles. The maximum absolute atomic E-state index is 6.04. The largest absolute Gasteiger partial charge is 0.483 e. The van der Waals surface area contributed by atoms with E-state index in [1.807, 2.05) is 60.0 Å². The summed E-state index contributed by atoms with van der Waals surface area (Å²) < 4.78 is 11.2. The van der Waals surface area contributed by atoms with E-state index < -0.39 is 0 Å². The highest BCUT2D eigenvalue weighted by atomic mass is 79.9. The van der Waals surface area contributed by atoms with E-state index in [1.54, 1.807) is 11.8 Å². The van der Waals surface area contributed by atoms with Gasteiger partial charge in [0, 0.05) is 29.2 Å². The lowest BCUT2D eigenvalue weighted by Crippen LogP contribution is -2.11. The molecule has 3 aromatic heterocycles. The number of fused-ring (bicyclic) bond motifs is 1. The van der Waals surface area contributed by atoms with Gasteiger partial charge in [-0.3, -0.25) is 0 Å². The maximum atomic E-state index is 6.04.